The van der Waals surface area contributed by atoms with E-state index >= 15 is 0 Å². The predicted molar refractivity (Wildman–Crippen MR) is 243 cm³/mol. The molecule has 1 unspecified atom stereocenters. The number of furan rings is 1. The van der Waals surface area contributed by atoms with E-state index in [1.165, 1.54) is 0 Å². The molecule has 0 spiro atoms. The van der Waals surface area contributed by atoms with Gasteiger partial charge in [0.2, 0.25) is 5.95 Å². The van der Waals surface area contributed by atoms with Crippen molar-refractivity contribution in [3.8, 4) is 28.7 Å². The van der Waals surface area contributed by atoms with Crippen LogP contribution in [0.25, 0.3) is 72.5 Å². The van der Waals surface area contributed by atoms with Gasteiger partial charge < -0.3 is 9.32 Å². The van der Waals surface area contributed by atoms with Gasteiger partial charge in [-0.15, -0.1) is 16.4 Å². The fourth-order valence-corrected chi connectivity index (χ4v) is 8.78. The number of aromatic nitrogens is 4. The Morgan fingerprint density at radius 2 is 1.16 bits per heavy atom. The van der Waals surface area contributed by atoms with Crippen molar-refractivity contribution < 1.29 is 4.42 Å². The van der Waals surface area contributed by atoms with E-state index in [2.05, 4.69) is 45.9 Å². The van der Waals surface area contributed by atoms with Gasteiger partial charge in [-0.1, -0.05) is 125 Å². The number of nitrogens with zero attached hydrogens (tertiary/aromatic N) is 5. The van der Waals surface area contributed by atoms with Gasteiger partial charge in [0.1, 0.15) is 60.5 Å². The van der Waals surface area contributed by atoms with Gasteiger partial charge in [0.15, 0.2) is 17.2 Å². The van der Waals surface area contributed by atoms with E-state index in [1.54, 1.807) is 0 Å². The zero-order chi connectivity index (χ0) is 39.6. The second-order valence-electron chi connectivity index (χ2n) is 14.7. The maximum Gasteiger partial charge on any atom is 0.238 e. The zero-order valence-electron chi connectivity index (χ0n) is 30.9. The Hall–Kier alpha value is -6.34. The third-order valence-corrected chi connectivity index (χ3v) is 11.6. The minimum absolute atomic E-state index is 0.0481. The number of anilines is 2. The van der Waals surface area contributed by atoms with Gasteiger partial charge >= 0.3 is 0 Å². The van der Waals surface area contributed by atoms with Gasteiger partial charge in [-0.25, -0.2) is 4.98 Å². The molecule has 58 heavy (non-hydrogen) atoms. The molecule has 0 saturated heterocycles. The average molecular weight is 724 g/mol. The summed E-state index contributed by atoms with van der Waals surface area (Å²) in [6, 6.07) is 32.4. The largest absolute Gasteiger partial charge is 0.455 e. The fourth-order valence-electron chi connectivity index (χ4n) is 8.78. The molecule has 2 aliphatic rings. The van der Waals surface area contributed by atoms with Gasteiger partial charge in [0.25, 0.3) is 0 Å². The first kappa shape index (κ1) is 34.9. The molecule has 0 N–H and O–H groups in total. The molecule has 13 heteroatoms. The van der Waals surface area contributed by atoms with Crippen molar-refractivity contribution in [2.45, 2.75) is 12.3 Å². The molecule has 9 aromatic rings. The Morgan fingerprint density at radius 3 is 1.84 bits per heavy atom. The first-order chi connectivity index (χ1) is 28.2. The standard InChI is InChI=1S/C45H22B7N5O/c46-31-29-30-32(47)34(49)36(51)40(42(30)58-41(29)37(52)35(50)33(31)48)56-27-17-9-7-15-23(27)25-19-20-26-24-16-8-10-18-28(24)57(39(26)38(25)56)45-54-43(21-11-3-1-4-12-21)53-44(55-45)22-13-5-2-6-14-22/h1-14,16-20,23H,15H2. The Kier molecular flexibility index (Phi) is 7.72. The van der Waals surface area contributed by atoms with Crippen molar-refractivity contribution in [1.29, 1.82) is 0 Å². The highest BCUT2D eigenvalue weighted by atomic mass is 16.3. The lowest BCUT2D eigenvalue weighted by Crippen LogP contribution is -2.48. The topological polar surface area (TPSA) is 60.0 Å². The third-order valence-electron chi connectivity index (χ3n) is 11.6. The Bertz CT molecular complexity index is 3250. The Morgan fingerprint density at radius 1 is 0.552 bits per heavy atom. The summed E-state index contributed by atoms with van der Waals surface area (Å²) in [6.45, 7) is 0. The summed E-state index contributed by atoms with van der Waals surface area (Å²) in [7, 11) is 46.6. The van der Waals surface area contributed by atoms with Crippen molar-refractivity contribution in [2.75, 3.05) is 4.90 Å². The van der Waals surface area contributed by atoms with Crippen molar-refractivity contribution in [1.82, 2.24) is 19.5 Å². The van der Waals surface area contributed by atoms with E-state index in [1.807, 2.05) is 78.9 Å². The molecule has 0 fully saturated rings. The summed E-state index contributed by atoms with van der Waals surface area (Å²) in [6.07, 6.45) is 7.04. The van der Waals surface area contributed by atoms with Crippen LogP contribution in [-0.2, 0) is 0 Å². The highest BCUT2D eigenvalue weighted by molar-refractivity contribution is 6.69. The number of hydrogen-bond donors (Lipinski definition) is 0. The van der Waals surface area contributed by atoms with Crippen molar-refractivity contribution in [3.05, 3.63) is 127 Å². The number of para-hydroxylation sites is 1. The highest BCUT2D eigenvalue weighted by Gasteiger charge is 2.40. The summed E-state index contributed by atoms with van der Waals surface area (Å²) >= 11 is 0. The maximum atomic E-state index is 7.10. The molecule has 11 rings (SSSR count). The highest BCUT2D eigenvalue weighted by Crippen LogP contribution is 2.55. The summed E-state index contributed by atoms with van der Waals surface area (Å²) < 4.78 is 8.80. The number of allylic oxidation sites excluding steroid dienone is 4. The summed E-state index contributed by atoms with van der Waals surface area (Å²) in [5.41, 5.74) is 8.57. The van der Waals surface area contributed by atoms with Gasteiger partial charge in [-0.2, -0.15) is 9.97 Å². The van der Waals surface area contributed by atoms with Crippen LogP contribution in [-0.4, -0.2) is 74.4 Å². The van der Waals surface area contributed by atoms with Gasteiger partial charge in [-0.05, 0) is 24.1 Å². The normalized spacial score (nSPS) is 14.8. The van der Waals surface area contributed by atoms with Crippen LogP contribution in [0.1, 0.15) is 17.9 Å². The van der Waals surface area contributed by atoms with Crippen LogP contribution in [0.2, 0.25) is 0 Å². The minimum atomic E-state index is -0.0481. The van der Waals surface area contributed by atoms with Crippen LogP contribution in [0.3, 0.4) is 0 Å². The van der Waals surface area contributed by atoms with Crippen molar-refractivity contribution in [2.24, 2.45) is 0 Å². The summed E-state index contributed by atoms with van der Waals surface area (Å²) in [4.78, 5) is 17.5. The molecule has 0 amide bonds. The number of fused-ring (bicyclic) bond motifs is 10. The van der Waals surface area contributed by atoms with Crippen LogP contribution in [0.15, 0.2) is 125 Å². The molecule has 4 heterocycles. The SMILES string of the molecule is [B]c1c([B])c([B])c2c(oc3c(N4C5=CC=CCC5c5ccc6c7ccccc7n(-c7nc(-c8ccccc8)nc(-c8ccccc8)n7)c6c54)c([B])c([B])c([B])c32)c1[B]. The molecule has 1 atom stereocenters. The molecule has 1 aliphatic heterocycles. The lowest BCUT2D eigenvalue weighted by atomic mass is 9.64. The maximum absolute atomic E-state index is 7.10. The van der Waals surface area contributed by atoms with Gasteiger partial charge in [0.05, 0.1) is 22.4 Å². The molecule has 6 aromatic carbocycles. The van der Waals surface area contributed by atoms with E-state index in [0.717, 1.165) is 56.3 Å². The monoisotopic (exact) mass is 725 g/mol. The molecule has 3 aromatic heterocycles. The third kappa shape index (κ3) is 4.79. The molecule has 1 aliphatic carbocycles. The zero-order valence-corrected chi connectivity index (χ0v) is 30.9. The van der Waals surface area contributed by atoms with Crippen LogP contribution in [0, 0.1) is 0 Å². The molecule has 0 saturated carbocycles. The first-order valence-electron chi connectivity index (χ1n) is 18.8. The minimum Gasteiger partial charge on any atom is -0.455 e. The van der Waals surface area contributed by atoms with Gasteiger partial charge in [-0.3, -0.25) is 4.57 Å². The van der Waals surface area contributed by atoms with Crippen LogP contribution in [0.4, 0.5) is 11.4 Å². The quantitative estimate of drug-likeness (QED) is 0.262. The van der Waals surface area contributed by atoms with Crippen LogP contribution < -0.4 is 43.1 Å². The Labute approximate surface area is 343 Å². The first-order valence-corrected chi connectivity index (χ1v) is 18.8. The predicted octanol–water partition coefficient (Wildman–Crippen LogP) is 2.84. The fraction of sp³-hybridized carbons (Fsp3) is 0.0444. The summed E-state index contributed by atoms with van der Waals surface area (Å²) in [5, 5.41) is 2.84. The van der Waals surface area contributed by atoms with Crippen molar-refractivity contribution >= 4 is 148 Å². The molecule has 254 valence electrons. The molecular formula is C45H22B7N5O. The second-order valence-corrected chi connectivity index (χ2v) is 14.7. The Balaban J connectivity index is 1.29. The number of benzene rings is 6. The van der Waals surface area contributed by atoms with Crippen LogP contribution >= 0.6 is 0 Å². The average Bonchev–Trinajstić information content (AvgIpc) is 3.94. The second kappa shape index (κ2) is 12.8. The van der Waals surface area contributed by atoms with E-state index < -0.39 is 0 Å². The number of hydrogen-bond acceptors (Lipinski definition) is 5. The molecule has 0 bridgehead atoms. The number of rotatable bonds is 4. The van der Waals surface area contributed by atoms with E-state index in [-0.39, 0.29) is 49.7 Å². The lowest BCUT2D eigenvalue weighted by Gasteiger charge is -2.29. The molecule has 14 radical (unpaired) electrons. The van der Waals surface area contributed by atoms with Crippen LogP contribution in [0.5, 0.6) is 0 Å². The molecule has 6 nitrogen and oxygen atoms in total. The summed E-state index contributed by atoms with van der Waals surface area (Å²) in [5.74, 6) is 1.47. The van der Waals surface area contributed by atoms with E-state index in [4.69, 9.17) is 74.3 Å². The lowest BCUT2D eigenvalue weighted by molar-refractivity contribution is 0.672. The molecular weight excluding hydrogens is 702 g/mol. The van der Waals surface area contributed by atoms with Crippen molar-refractivity contribution in [3.63, 3.8) is 0 Å². The van der Waals surface area contributed by atoms with E-state index in [0.29, 0.717) is 39.6 Å². The smallest absolute Gasteiger partial charge is 0.238 e. The van der Waals surface area contributed by atoms with E-state index in [9.17, 15) is 0 Å². The van der Waals surface area contributed by atoms with Gasteiger partial charge in [0, 0.05) is 44.3 Å².